The van der Waals surface area contributed by atoms with Gasteiger partial charge in [-0.25, -0.2) is 8.42 Å². The van der Waals surface area contributed by atoms with Crippen LogP contribution in [0.4, 0.5) is 0 Å². The molecule has 2 aromatic carbocycles. The van der Waals surface area contributed by atoms with Gasteiger partial charge in [0, 0.05) is 12.8 Å². The molecule has 6 heteroatoms. The molecule has 0 amide bonds. The van der Waals surface area contributed by atoms with Gasteiger partial charge in [-0.1, -0.05) is 17.7 Å². The van der Waals surface area contributed by atoms with E-state index in [-0.39, 0.29) is 26.7 Å². The lowest BCUT2D eigenvalue weighted by atomic mass is 9.94. The number of phenolic OH excluding ortho intramolecular Hbond substituents is 1. The molecule has 0 atom stereocenters. The Balaban J connectivity index is 2.07. The number of rotatable bonds is 2. The summed E-state index contributed by atoms with van der Waals surface area (Å²) in [5, 5.41) is 10.5. The molecule has 3 aromatic rings. The molecule has 0 aliphatic heterocycles. The van der Waals surface area contributed by atoms with Crippen molar-refractivity contribution in [2.75, 3.05) is 0 Å². The molecular weight excluding hydrogens is 340 g/mol. The summed E-state index contributed by atoms with van der Waals surface area (Å²) in [4.78, 5) is 12.2. The Morgan fingerprint density at radius 2 is 1.76 bits per heavy atom. The van der Waals surface area contributed by atoms with Crippen LogP contribution in [-0.2, 0) is 16.3 Å². The fourth-order valence-corrected chi connectivity index (χ4v) is 4.86. The molecule has 1 N–H and O–H groups in total. The molecule has 1 aromatic heterocycles. The van der Waals surface area contributed by atoms with Gasteiger partial charge in [-0.05, 0) is 37.6 Å². The molecular formula is C19H16O5S. The average molecular weight is 356 g/mol. The maximum atomic E-state index is 13.2. The van der Waals surface area contributed by atoms with E-state index in [1.807, 2.05) is 6.92 Å². The van der Waals surface area contributed by atoms with Crippen LogP contribution < -0.4 is 0 Å². The first-order valence-electron chi connectivity index (χ1n) is 8.02. The summed E-state index contributed by atoms with van der Waals surface area (Å²) in [5.41, 5.74) is 1.53. The molecule has 0 saturated heterocycles. The fraction of sp³-hybridized carbons (Fsp3) is 0.211. The SMILES string of the molecule is Cc1ccc(S(=O)(=O)c2c(O)ccc3oc4c(c23)C(=O)CCC4)cc1. The molecule has 0 bridgehead atoms. The van der Waals surface area contributed by atoms with Crippen molar-refractivity contribution < 1.29 is 22.7 Å². The van der Waals surface area contributed by atoms with Crippen LogP contribution >= 0.6 is 0 Å². The van der Waals surface area contributed by atoms with Gasteiger partial charge < -0.3 is 9.52 Å². The van der Waals surface area contributed by atoms with Gasteiger partial charge in [-0.15, -0.1) is 0 Å². The van der Waals surface area contributed by atoms with Crippen LogP contribution in [0.2, 0.25) is 0 Å². The number of hydrogen-bond acceptors (Lipinski definition) is 5. The summed E-state index contributed by atoms with van der Waals surface area (Å²) >= 11 is 0. The molecule has 1 aliphatic carbocycles. The monoisotopic (exact) mass is 356 g/mol. The predicted molar refractivity (Wildman–Crippen MR) is 91.8 cm³/mol. The van der Waals surface area contributed by atoms with Crippen LogP contribution in [0.25, 0.3) is 11.0 Å². The van der Waals surface area contributed by atoms with Crippen molar-refractivity contribution in [3.8, 4) is 5.75 Å². The third kappa shape index (κ3) is 2.36. The van der Waals surface area contributed by atoms with Crippen molar-refractivity contribution in [3.63, 3.8) is 0 Å². The number of fused-ring (bicyclic) bond motifs is 3. The van der Waals surface area contributed by atoms with E-state index in [1.54, 1.807) is 12.1 Å². The van der Waals surface area contributed by atoms with E-state index in [1.165, 1.54) is 24.3 Å². The topological polar surface area (TPSA) is 84.6 Å². The minimum Gasteiger partial charge on any atom is -0.507 e. The van der Waals surface area contributed by atoms with Crippen LogP contribution in [0.3, 0.4) is 0 Å². The average Bonchev–Trinajstić information content (AvgIpc) is 2.94. The second-order valence-corrected chi connectivity index (χ2v) is 8.17. The van der Waals surface area contributed by atoms with E-state index in [0.717, 1.165) is 5.56 Å². The molecule has 128 valence electrons. The standard InChI is InChI=1S/C19H16O5S/c1-11-5-7-12(8-6-11)25(22,23)19-14(21)9-10-16-18(19)17-13(20)3-2-4-15(17)24-16/h5-10,21H,2-4H2,1H3. The number of sulfone groups is 1. The minimum atomic E-state index is -4.00. The van der Waals surface area contributed by atoms with Crippen molar-refractivity contribution in [2.24, 2.45) is 0 Å². The number of furan rings is 1. The van der Waals surface area contributed by atoms with Crippen molar-refractivity contribution in [3.05, 3.63) is 53.3 Å². The quantitative estimate of drug-likeness (QED) is 0.755. The fourth-order valence-electron chi connectivity index (χ4n) is 3.31. The van der Waals surface area contributed by atoms with Crippen molar-refractivity contribution in [2.45, 2.75) is 36.0 Å². The molecule has 1 heterocycles. The molecule has 1 aliphatic rings. The first kappa shape index (κ1) is 15.9. The van der Waals surface area contributed by atoms with Gasteiger partial charge in [0.1, 0.15) is 22.0 Å². The molecule has 0 spiro atoms. The van der Waals surface area contributed by atoms with Crippen LogP contribution in [0.1, 0.15) is 34.5 Å². The molecule has 0 unspecified atom stereocenters. The Bertz CT molecular complexity index is 1100. The zero-order chi connectivity index (χ0) is 17.8. The Morgan fingerprint density at radius 1 is 1.04 bits per heavy atom. The Labute approximate surface area is 144 Å². The van der Waals surface area contributed by atoms with Gasteiger partial charge in [0.15, 0.2) is 5.78 Å². The lowest BCUT2D eigenvalue weighted by Gasteiger charge is -2.11. The summed E-state index contributed by atoms with van der Waals surface area (Å²) in [6.45, 7) is 1.86. The van der Waals surface area contributed by atoms with Gasteiger partial charge >= 0.3 is 0 Å². The molecule has 0 fully saturated rings. The normalized spacial score (nSPS) is 14.7. The summed E-state index contributed by atoms with van der Waals surface area (Å²) in [5.74, 6) is -0.0294. The Morgan fingerprint density at radius 3 is 2.48 bits per heavy atom. The molecule has 25 heavy (non-hydrogen) atoms. The highest BCUT2D eigenvalue weighted by atomic mass is 32.2. The van der Waals surface area contributed by atoms with E-state index in [0.29, 0.717) is 36.2 Å². The number of benzene rings is 2. The zero-order valence-corrected chi connectivity index (χ0v) is 14.4. The highest BCUT2D eigenvalue weighted by molar-refractivity contribution is 7.91. The molecule has 5 nitrogen and oxygen atoms in total. The van der Waals surface area contributed by atoms with Gasteiger partial charge in [0.05, 0.1) is 15.8 Å². The van der Waals surface area contributed by atoms with E-state index in [4.69, 9.17) is 4.42 Å². The maximum absolute atomic E-state index is 13.2. The molecule has 0 saturated carbocycles. The van der Waals surface area contributed by atoms with Crippen LogP contribution in [0.15, 0.2) is 50.6 Å². The van der Waals surface area contributed by atoms with Gasteiger partial charge in [0.2, 0.25) is 9.84 Å². The summed E-state index contributed by atoms with van der Waals surface area (Å²) in [6, 6.07) is 9.18. The van der Waals surface area contributed by atoms with E-state index in [2.05, 4.69) is 0 Å². The van der Waals surface area contributed by atoms with E-state index >= 15 is 0 Å². The number of carbonyl (C=O) groups is 1. The largest absolute Gasteiger partial charge is 0.507 e. The summed E-state index contributed by atoms with van der Waals surface area (Å²) in [6.07, 6.45) is 1.61. The predicted octanol–water partition coefficient (Wildman–Crippen LogP) is 3.80. The number of hydrogen-bond donors (Lipinski definition) is 1. The number of phenols is 1. The van der Waals surface area contributed by atoms with Crippen molar-refractivity contribution in [1.29, 1.82) is 0 Å². The maximum Gasteiger partial charge on any atom is 0.211 e. The minimum absolute atomic E-state index is 0.0686. The van der Waals surface area contributed by atoms with Crippen LogP contribution in [-0.4, -0.2) is 19.3 Å². The van der Waals surface area contributed by atoms with E-state index < -0.39 is 9.84 Å². The third-order valence-corrected chi connectivity index (χ3v) is 6.39. The lowest BCUT2D eigenvalue weighted by molar-refractivity contribution is 0.0971. The first-order valence-corrected chi connectivity index (χ1v) is 9.50. The van der Waals surface area contributed by atoms with Gasteiger partial charge in [-0.2, -0.15) is 0 Å². The first-order chi connectivity index (χ1) is 11.9. The summed E-state index contributed by atoms with van der Waals surface area (Å²) < 4.78 is 32.0. The number of aromatic hydroxyl groups is 1. The van der Waals surface area contributed by atoms with Gasteiger partial charge in [0.25, 0.3) is 0 Å². The van der Waals surface area contributed by atoms with Crippen molar-refractivity contribution in [1.82, 2.24) is 0 Å². The molecule has 0 radical (unpaired) electrons. The molecule has 4 rings (SSSR count). The second kappa shape index (κ2) is 5.46. The van der Waals surface area contributed by atoms with Crippen LogP contribution in [0.5, 0.6) is 5.75 Å². The van der Waals surface area contributed by atoms with Crippen LogP contribution in [0, 0.1) is 6.92 Å². The third-order valence-electron chi connectivity index (χ3n) is 4.55. The number of Topliss-reactive ketones (excluding diaryl/α,β-unsaturated/α-hetero) is 1. The summed E-state index contributed by atoms with van der Waals surface area (Å²) in [7, 11) is -4.00. The second-order valence-electron chi connectivity index (χ2n) is 6.28. The number of carbonyl (C=O) groups excluding carboxylic acids is 1. The smallest absolute Gasteiger partial charge is 0.211 e. The number of ketones is 1. The highest BCUT2D eigenvalue weighted by Gasteiger charge is 2.32. The zero-order valence-electron chi connectivity index (χ0n) is 13.6. The highest BCUT2D eigenvalue weighted by Crippen LogP contribution is 2.41. The number of aryl methyl sites for hydroxylation is 2. The Kier molecular flexibility index (Phi) is 3.47. The van der Waals surface area contributed by atoms with E-state index in [9.17, 15) is 18.3 Å². The van der Waals surface area contributed by atoms with Gasteiger partial charge in [-0.3, -0.25) is 4.79 Å². The van der Waals surface area contributed by atoms with Crippen molar-refractivity contribution >= 4 is 26.6 Å². The Hall–Kier alpha value is -2.60. The lowest BCUT2D eigenvalue weighted by Crippen LogP contribution is -2.10.